The number of pyridine rings is 1. The van der Waals surface area contributed by atoms with Gasteiger partial charge in [0.2, 0.25) is 0 Å². The van der Waals surface area contributed by atoms with Gasteiger partial charge in [-0.05, 0) is 65.2 Å². The number of hydrogen-bond acceptors (Lipinski definition) is 3. The van der Waals surface area contributed by atoms with Crippen molar-refractivity contribution in [3.05, 3.63) is 110 Å². The van der Waals surface area contributed by atoms with Crippen molar-refractivity contribution in [1.82, 2.24) is 4.57 Å². The lowest BCUT2D eigenvalue weighted by atomic mass is 10.1. The first-order valence-corrected chi connectivity index (χ1v) is 12.9. The van der Waals surface area contributed by atoms with Crippen molar-refractivity contribution in [2.24, 2.45) is 0 Å². The summed E-state index contributed by atoms with van der Waals surface area (Å²) in [5.74, 6) is -1.39. The van der Waals surface area contributed by atoms with Crippen LogP contribution in [0.3, 0.4) is 0 Å². The molecule has 0 atom stereocenters. The molecule has 0 saturated carbocycles. The Morgan fingerprint density at radius 1 is 0.944 bits per heavy atom. The van der Waals surface area contributed by atoms with Gasteiger partial charge in [0.15, 0.2) is 0 Å². The molecule has 0 aliphatic heterocycles. The highest BCUT2D eigenvalue weighted by Crippen LogP contribution is 2.36. The van der Waals surface area contributed by atoms with E-state index in [4.69, 9.17) is 23.2 Å². The quantitative estimate of drug-likeness (QED) is 0.234. The fraction of sp³-hybridized carbons (Fsp3) is 0.107. The first-order chi connectivity index (χ1) is 17.4. The molecule has 0 aliphatic carbocycles. The van der Waals surface area contributed by atoms with Crippen molar-refractivity contribution in [3.8, 4) is 21.7 Å². The Bertz CT molecular complexity index is 1660. The normalized spacial score (nSPS) is 11.2. The van der Waals surface area contributed by atoms with Crippen LogP contribution >= 0.6 is 34.5 Å². The van der Waals surface area contributed by atoms with Crippen molar-refractivity contribution in [2.75, 3.05) is 11.9 Å². The highest BCUT2D eigenvalue weighted by atomic mass is 35.5. The van der Waals surface area contributed by atoms with Crippen LogP contribution in [0.1, 0.15) is 12.5 Å². The van der Waals surface area contributed by atoms with Crippen LogP contribution in [0.4, 0.5) is 14.5 Å². The maximum atomic E-state index is 14.5. The van der Waals surface area contributed by atoms with Gasteiger partial charge in [0.05, 0.1) is 38.2 Å². The zero-order valence-corrected chi connectivity index (χ0v) is 21.4. The standard InChI is InChI=1S/C28H20Cl2F2N2OS/c1-2-33-24-9-7-16(10-22(24)30)19-12-26(36-15-19)25-11-17-4-3-5-21(29)27(17)28(35)34(25)14-18-6-8-20(31)13-23(18)32/h3-13,15,33H,2,14H2,1H3. The summed E-state index contributed by atoms with van der Waals surface area (Å²) in [4.78, 5) is 14.4. The van der Waals surface area contributed by atoms with Crippen LogP contribution in [-0.2, 0) is 6.54 Å². The second kappa shape index (κ2) is 10.1. The number of benzene rings is 3. The lowest BCUT2D eigenvalue weighted by Gasteiger charge is -2.15. The van der Waals surface area contributed by atoms with Gasteiger partial charge in [0.1, 0.15) is 11.6 Å². The number of nitrogens with one attached hydrogen (secondary N) is 1. The Morgan fingerprint density at radius 2 is 1.78 bits per heavy atom. The minimum absolute atomic E-state index is 0.0715. The number of hydrogen-bond donors (Lipinski definition) is 1. The van der Waals surface area contributed by atoms with Crippen molar-refractivity contribution in [3.63, 3.8) is 0 Å². The highest BCUT2D eigenvalue weighted by Gasteiger charge is 2.17. The van der Waals surface area contributed by atoms with Gasteiger partial charge >= 0.3 is 0 Å². The average Bonchev–Trinajstić information content (AvgIpc) is 3.33. The predicted octanol–water partition coefficient (Wildman–Crippen LogP) is 8.46. The molecule has 182 valence electrons. The van der Waals surface area contributed by atoms with Gasteiger partial charge in [-0.2, -0.15) is 0 Å². The van der Waals surface area contributed by atoms with Crippen LogP contribution in [0.15, 0.2) is 76.9 Å². The van der Waals surface area contributed by atoms with Crippen molar-refractivity contribution < 1.29 is 8.78 Å². The molecule has 2 aromatic heterocycles. The van der Waals surface area contributed by atoms with Crippen molar-refractivity contribution in [2.45, 2.75) is 13.5 Å². The third-order valence-corrected chi connectivity index (χ3v) is 7.53. The SMILES string of the molecule is CCNc1ccc(-c2csc(-c3cc4cccc(Cl)c4c(=O)n3Cc3ccc(F)cc3F)c2)cc1Cl. The maximum Gasteiger partial charge on any atom is 0.260 e. The highest BCUT2D eigenvalue weighted by molar-refractivity contribution is 7.14. The first kappa shape index (κ1) is 24.5. The molecule has 2 heterocycles. The van der Waals surface area contributed by atoms with Crippen LogP contribution in [0.5, 0.6) is 0 Å². The van der Waals surface area contributed by atoms with E-state index in [0.717, 1.165) is 34.3 Å². The molecule has 0 bridgehead atoms. The van der Waals surface area contributed by atoms with E-state index >= 15 is 0 Å². The molecule has 1 N–H and O–H groups in total. The summed E-state index contributed by atoms with van der Waals surface area (Å²) in [5.41, 5.74) is 3.22. The Hall–Kier alpha value is -3.19. The van der Waals surface area contributed by atoms with Gasteiger partial charge in [-0.25, -0.2) is 8.78 Å². The molecule has 3 nitrogen and oxygen atoms in total. The Balaban J connectivity index is 1.65. The molecule has 0 saturated heterocycles. The predicted molar refractivity (Wildman–Crippen MR) is 147 cm³/mol. The fourth-order valence-corrected chi connectivity index (χ4v) is 5.64. The fourth-order valence-electron chi connectivity index (χ4n) is 4.19. The average molecular weight is 541 g/mol. The molecular formula is C28H20Cl2F2N2OS. The number of rotatable bonds is 6. The van der Waals surface area contributed by atoms with Crippen LogP contribution in [0.2, 0.25) is 10.0 Å². The molecule has 8 heteroatoms. The Morgan fingerprint density at radius 3 is 2.53 bits per heavy atom. The zero-order chi connectivity index (χ0) is 25.4. The van der Waals surface area contributed by atoms with E-state index in [0.29, 0.717) is 26.5 Å². The first-order valence-electron chi connectivity index (χ1n) is 11.2. The van der Waals surface area contributed by atoms with Gasteiger partial charge in [0, 0.05) is 18.2 Å². The molecule has 0 spiro atoms. The van der Waals surface area contributed by atoms with E-state index in [1.54, 1.807) is 12.1 Å². The summed E-state index contributed by atoms with van der Waals surface area (Å²) in [6.07, 6.45) is 0. The van der Waals surface area contributed by atoms with Crippen LogP contribution in [0.25, 0.3) is 32.5 Å². The summed E-state index contributed by atoms with van der Waals surface area (Å²) >= 11 is 14.3. The largest absolute Gasteiger partial charge is 0.384 e. The number of aromatic nitrogens is 1. The lowest BCUT2D eigenvalue weighted by molar-refractivity contribution is 0.565. The molecule has 0 aliphatic rings. The lowest BCUT2D eigenvalue weighted by Crippen LogP contribution is -2.23. The molecule has 0 amide bonds. The number of anilines is 1. The third kappa shape index (κ3) is 4.64. The summed E-state index contributed by atoms with van der Waals surface area (Å²) in [6, 6.07) is 18.3. The Labute approximate surface area is 220 Å². The van der Waals surface area contributed by atoms with E-state index in [2.05, 4.69) is 5.32 Å². The third-order valence-electron chi connectivity index (χ3n) is 5.95. The summed E-state index contributed by atoms with van der Waals surface area (Å²) in [7, 11) is 0. The monoisotopic (exact) mass is 540 g/mol. The maximum absolute atomic E-state index is 14.5. The van der Waals surface area contributed by atoms with Crippen molar-refractivity contribution in [1.29, 1.82) is 0 Å². The van der Waals surface area contributed by atoms with Gasteiger partial charge in [0.25, 0.3) is 5.56 Å². The second-order valence-electron chi connectivity index (χ2n) is 8.29. The van der Waals surface area contributed by atoms with Gasteiger partial charge in [-0.3, -0.25) is 4.79 Å². The topological polar surface area (TPSA) is 34.0 Å². The second-order valence-corrected chi connectivity index (χ2v) is 10.0. The smallest absolute Gasteiger partial charge is 0.260 e. The number of thiophene rings is 1. The molecule has 3 aromatic carbocycles. The van der Waals surface area contributed by atoms with E-state index in [-0.39, 0.29) is 17.7 Å². The number of nitrogens with zero attached hydrogens (tertiary/aromatic N) is 1. The van der Waals surface area contributed by atoms with Crippen LogP contribution in [0, 0.1) is 11.6 Å². The Kier molecular flexibility index (Phi) is 6.84. The molecule has 0 unspecified atom stereocenters. The minimum atomic E-state index is -0.714. The number of fused-ring (bicyclic) bond motifs is 1. The molecule has 36 heavy (non-hydrogen) atoms. The molecule has 0 radical (unpaired) electrons. The van der Waals surface area contributed by atoms with Gasteiger partial charge in [-0.15, -0.1) is 11.3 Å². The van der Waals surface area contributed by atoms with E-state index in [1.165, 1.54) is 28.0 Å². The molecule has 5 aromatic rings. The number of halogens is 4. The minimum Gasteiger partial charge on any atom is -0.384 e. The van der Waals surface area contributed by atoms with E-state index in [9.17, 15) is 13.6 Å². The van der Waals surface area contributed by atoms with E-state index in [1.807, 2.05) is 48.7 Å². The van der Waals surface area contributed by atoms with Crippen LogP contribution < -0.4 is 10.9 Å². The zero-order valence-electron chi connectivity index (χ0n) is 19.1. The van der Waals surface area contributed by atoms with Gasteiger partial charge in [-0.1, -0.05) is 47.5 Å². The van der Waals surface area contributed by atoms with E-state index < -0.39 is 11.6 Å². The summed E-state index contributed by atoms with van der Waals surface area (Å²) in [5, 5.41) is 7.19. The molecular weight excluding hydrogens is 521 g/mol. The molecule has 5 rings (SSSR count). The summed E-state index contributed by atoms with van der Waals surface area (Å²) in [6.45, 7) is 2.70. The summed E-state index contributed by atoms with van der Waals surface area (Å²) < 4.78 is 29.5. The molecule has 0 fully saturated rings. The van der Waals surface area contributed by atoms with Crippen molar-refractivity contribution >= 4 is 51.0 Å². The van der Waals surface area contributed by atoms with Gasteiger partial charge < -0.3 is 9.88 Å². The van der Waals surface area contributed by atoms with Crippen LogP contribution in [-0.4, -0.2) is 11.1 Å².